The van der Waals surface area contributed by atoms with Crippen LogP contribution in [0, 0.1) is 0 Å². The van der Waals surface area contributed by atoms with Gasteiger partial charge < -0.3 is 14.6 Å². The van der Waals surface area contributed by atoms with Gasteiger partial charge in [0.25, 0.3) is 5.91 Å². The second-order valence-electron chi connectivity index (χ2n) is 5.32. The fourth-order valence-electron chi connectivity index (χ4n) is 2.33. The second kappa shape index (κ2) is 4.57. The molecule has 98 valence electrons. The highest BCUT2D eigenvalue weighted by atomic mass is 16.5. The number of aromatic amines is 1. The van der Waals surface area contributed by atoms with Gasteiger partial charge in [0, 0.05) is 25.4 Å². The van der Waals surface area contributed by atoms with Crippen molar-refractivity contribution in [2.24, 2.45) is 0 Å². The predicted molar refractivity (Wildman–Crippen MR) is 67.6 cm³/mol. The Morgan fingerprint density at radius 1 is 1.50 bits per heavy atom. The van der Waals surface area contributed by atoms with Crippen LogP contribution in [0.2, 0.25) is 0 Å². The van der Waals surface area contributed by atoms with Crippen LogP contribution in [0.1, 0.15) is 31.1 Å². The molecule has 1 N–H and O–H groups in total. The first-order chi connectivity index (χ1) is 8.37. The summed E-state index contributed by atoms with van der Waals surface area (Å²) in [4.78, 5) is 27.6. The van der Waals surface area contributed by atoms with Crippen molar-refractivity contribution >= 4 is 5.91 Å². The van der Waals surface area contributed by atoms with Gasteiger partial charge in [0.15, 0.2) is 0 Å². The van der Waals surface area contributed by atoms with E-state index in [-0.39, 0.29) is 23.2 Å². The molecule has 0 aromatic carbocycles. The Morgan fingerprint density at radius 2 is 2.22 bits per heavy atom. The van der Waals surface area contributed by atoms with Crippen molar-refractivity contribution < 1.29 is 9.53 Å². The van der Waals surface area contributed by atoms with Crippen molar-refractivity contribution in [1.82, 2.24) is 9.88 Å². The van der Waals surface area contributed by atoms with E-state index in [1.54, 1.807) is 11.0 Å². The molecule has 1 unspecified atom stereocenters. The van der Waals surface area contributed by atoms with Crippen molar-refractivity contribution in [2.45, 2.75) is 32.5 Å². The largest absolute Gasteiger partial charge is 0.369 e. The Kier molecular flexibility index (Phi) is 3.26. The Balaban J connectivity index is 2.18. The highest BCUT2D eigenvalue weighted by Crippen LogP contribution is 2.21. The maximum absolute atomic E-state index is 12.3. The molecule has 1 atom stereocenters. The molecule has 1 aliphatic rings. The Labute approximate surface area is 106 Å². The monoisotopic (exact) mass is 250 g/mol. The fourth-order valence-corrected chi connectivity index (χ4v) is 2.33. The van der Waals surface area contributed by atoms with Gasteiger partial charge >= 0.3 is 0 Å². The van der Waals surface area contributed by atoms with E-state index in [1.165, 1.54) is 12.3 Å². The zero-order chi connectivity index (χ0) is 13.3. The highest BCUT2D eigenvalue weighted by Gasteiger charge is 2.33. The first-order valence-corrected chi connectivity index (χ1v) is 6.03. The molecule has 2 rings (SSSR count). The number of hydrogen-bond acceptors (Lipinski definition) is 3. The number of carbonyl (C=O) groups excluding carboxylic acids is 1. The summed E-state index contributed by atoms with van der Waals surface area (Å²) in [6.07, 6.45) is 1.47. The molecule has 1 aliphatic heterocycles. The van der Waals surface area contributed by atoms with Crippen LogP contribution in [0.15, 0.2) is 23.1 Å². The van der Waals surface area contributed by atoms with Crippen LogP contribution in [0.3, 0.4) is 0 Å². The molecule has 1 saturated heterocycles. The number of carbonyl (C=O) groups is 1. The summed E-state index contributed by atoms with van der Waals surface area (Å²) in [6.45, 7) is 7.01. The lowest BCUT2D eigenvalue weighted by molar-refractivity contribution is -0.118. The number of rotatable bonds is 1. The Morgan fingerprint density at radius 3 is 2.78 bits per heavy atom. The van der Waals surface area contributed by atoms with Crippen molar-refractivity contribution in [1.29, 1.82) is 0 Å². The molecule has 1 fully saturated rings. The molecule has 18 heavy (non-hydrogen) atoms. The number of hydrogen-bond donors (Lipinski definition) is 1. The minimum absolute atomic E-state index is 0.0143. The third-order valence-corrected chi connectivity index (χ3v) is 2.89. The molecular formula is C13H18N2O3. The summed E-state index contributed by atoms with van der Waals surface area (Å²) in [5, 5.41) is 0. The molecule has 0 saturated carbocycles. The van der Waals surface area contributed by atoms with Gasteiger partial charge in [-0.1, -0.05) is 0 Å². The molecule has 5 heteroatoms. The van der Waals surface area contributed by atoms with Crippen molar-refractivity contribution in [3.63, 3.8) is 0 Å². The molecule has 1 amide bonds. The second-order valence-corrected chi connectivity index (χ2v) is 5.32. The first kappa shape index (κ1) is 12.8. The van der Waals surface area contributed by atoms with Crippen LogP contribution in [-0.4, -0.2) is 40.6 Å². The average Bonchev–Trinajstić information content (AvgIpc) is 2.26. The van der Waals surface area contributed by atoms with Crippen molar-refractivity contribution in [3.8, 4) is 0 Å². The summed E-state index contributed by atoms with van der Waals surface area (Å²) in [6, 6.07) is 2.91. The van der Waals surface area contributed by atoms with Crippen LogP contribution in [0.5, 0.6) is 0 Å². The molecule has 1 aromatic rings. The summed E-state index contributed by atoms with van der Waals surface area (Å²) in [5.41, 5.74) is -0.0445. The van der Waals surface area contributed by atoms with E-state index in [4.69, 9.17) is 4.74 Å². The summed E-state index contributed by atoms with van der Waals surface area (Å²) >= 11 is 0. The number of amides is 1. The lowest BCUT2D eigenvalue weighted by Gasteiger charge is -2.41. The normalized spacial score (nSPS) is 22.8. The standard InChI is InChI=1S/C13H18N2O3/c1-9-7-15(8-13(2,3)18-9)12(17)10-4-5-11(16)14-6-10/h4-6,9H,7-8H2,1-3H3,(H,14,16). The third-order valence-electron chi connectivity index (χ3n) is 2.89. The smallest absolute Gasteiger partial charge is 0.255 e. The van der Waals surface area contributed by atoms with Crippen molar-refractivity contribution in [2.75, 3.05) is 13.1 Å². The fraction of sp³-hybridized carbons (Fsp3) is 0.538. The molecule has 0 radical (unpaired) electrons. The van der Waals surface area contributed by atoms with Gasteiger partial charge in [0.2, 0.25) is 5.56 Å². The molecule has 2 heterocycles. The number of nitrogens with one attached hydrogen (secondary N) is 1. The van der Waals surface area contributed by atoms with Gasteiger partial charge in [-0.2, -0.15) is 0 Å². The number of morpholine rings is 1. The zero-order valence-corrected chi connectivity index (χ0v) is 10.9. The number of pyridine rings is 1. The lowest BCUT2D eigenvalue weighted by atomic mass is 10.0. The Hall–Kier alpha value is -1.62. The topological polar surface area (TPSA) is 62.4 Å². The molecule has 0 bridgehead atoms. The maximum atomic E-state index is 12.3. The lowest BCUT2D eigenvalue weighted by Crippen LogP contribution is -2.53. The maximum Gasteiger partial charge on any atom is 0.255 e. The van der Waals surface area contributed by atoms with Crippen molar-refractivity contribution in [3.05, 3.63) is 34.2 Å². The number of ether oxygens (including phenoxy) is 1. The predicted octanol–water partition coefficient (Wildman–Crippen LogP) is 1.01. The SMILES string of the molecule is CC1CN(C(=O)c2ccc(=O)[nH]c2)CC(C)(C)O1. The zero-order valence-electron chi connectivity index (χ0n) is 10.9. The van der Waals surface area contributed by atoms with Gasteiger partial charge in [0.1, 0.15) is 0 Å². The van der Waals surface area contributed by atoms with Gasteiger partial charge in [-0.15, -0.1) is 0 Å². The third kappa shape index (κ3) is 2.79. The van der Waals surface area contributed by atoms with E-state index in [1.807, 2.05) is 20.8 Å². The summed E-state index contributed by atoms with van der Waals surface area (Å²) in [5.74, 6) is -0.0746. The van der Waals surface area contributed by atoms with E-state index in [9.17, 15) is 9.59 Å². The minimum Gasteiger partial charge on any atom is -0.369 e. The van der Waals surface area contributed by atoms with E-state index in [2.05, 4.69) is 4.98 Å². The van der Waals surface area contributed by atoms with Crippen LogP contribution < -0.4 is 5.56 Å². The van der Waals surface area contributed by atoms with E-state index >= 15 is 0 Å². The quantitative estimate of drug-likeness (QED) is 0.809. The van der Waals surface area contributed by atoms with Crippen LogP contribution >= 0.6 is 0 Å². The molecule has 0 aliphatic carbocycles. The molecule has 1 aromatic heterocycles. The number of nitrogens with zero attached hydrogens (tertiary/aromatic N) is 1. The molecule has 0 spiro atoms. The van der Waals surface area contributed by atoms with E-state index in [0.29, 0.717) is 18.7 Å². The van der Waals surface area contributed by atoms with E-state index < -0.39 is 0 Å². The summed E-state index contributed by atoms with van der Waals surface area (Å²) < 4.78 is 5.76. The van der Waals surface area contributed by atoms with Gasteiger partial charge in [-0.3, -0.25) is 9.59 Å². The number of aromatic nitrogens is 1. The number of H-pyrrole nitrogens is 1. The molecule has 5 nitrogen and oxygen atoms in total. The summed E-state index contributed by atoms with van der Waals surface area (Å²) in [7, 11) is 0. The van der Waals surface area contributed by atoms with Gasteiger partial charge in [-0.25, -0.2) is 0 Å². The van der Waals surface area contributed by atoms with Gasteiger partial charge in [0.05, 0.1) is 17.3 Å². The highest BCUT2D eigenvalue weighted by molar-refractivity contribution is 5.94. The minimum atomic E-state index is -0.338. The van der Waals surface area contributed by atoms with Crippen LogP contribution in [-0.2, 0) is 4.74 Å². The Bertz CT molecular complexity index is 487. The van der Waals surface area contributed by atoms with Crippen LogP contribution in [0.4, 0.5) is 0 Å². The first-order valence-electron chi connectivity index (χ1n) is 6.03. The van der Waals surface area contributed by atoms with Gasteiger partial charge in [-0.05, 0) is 26.8 Å². The molecular weight excluding hydrogens is 232 g/mol. The van der Waals surface area contributed by atoms with E-state index in [0.717, 1.165) is 0 Å². The van der Waals surface area contributed by atoms with Crippen LogP contribution in [0.25, 0.3) is 0 Å². The average molecular weight is 250 g/mol.